The molecule has 4 bridgehead atoms. The number of amides is 1. The largest absolute Gasteiger partial charge is 0.352 e. The Morgan fingerprint density at radius 1 is 1.04 bits per heavy atom. The van der Waals surface area contributed by atoms with Crippen molar-refractivity contribution in [1.29, 1.82) is 0 Å². The molecule has 0 aromatic rings. The van der Waals surface area contributed by atoms with E-state index in [1.807, 2.05) is 0 Å². The molecule has 1 amide bonds. The van der Waals surface area contributed by atoms with E-state index in [0.29, 0.717) is 17.6 Å². The zero-order chi connectivity index (χ0) is 17.8. The molecule has 4 aliphatic carbocycles. The first kappa shape index (κ1) is 16.6. The molecular formula is C21H33NO2. The molecule has 0 saturated heterocycles. The van der Waals surface area contributed by atoms with Crippen molar-refractivity contribution < 1.29 is 9.59 Å². The number of hydrogen-bond donors (Lipinski definition) is 1. The molecule has 0 radical (unpaired) electrons. The summed E-state index contributed by atoms with van der Waals surface area (Å²) in [6.45, 7) is 13.5. The quantitative estimate of drug-likeness (QED) is 0.828. The molecule has 0 unspecified atom stereocenters. The minimum absolute atomic E-state index is 0.164. The predicted octanol–water partition coefficient (Wildman–Crippen LogP) is 4.10. The van der Waals surface area contributed by atoms with Crippen molar-refractivity contribution in [2.75, 3.05) is 0 Å². The van der Waals surface area contributed by atoms with Gasteiger partial charge in [-0.3, -0.25) is 9.59 Å². The van der Waals surface area contributed by atoms with E-state index in [0.717, 1.165) is 25.2 Å². The summed E-state index contributed by atoms with van der Waals surface area (Å²) in [6, 6.07) is 0.270. The van der Waals surface area contributed by atoms with Crippen molar-refractivity contribution in [2.45, 2.75) is 86.1 Å². The first-order chi connectivity index (χ1) is 10.9. The molecule has 0 spiro atoms. The van der Waals surface area contributed by atoms with Crippen molar-refractivity contribution in [3.63, 3.8) is 0 Å². The molecule has 4 rings (SSSR count). The highest BCUT2D eigenvalue weighted by molar-refractivity contribution is 5.99. The van der Waals surface area contributed by atoms with Crippen LogP contribution in [-0.2, 0) is 9.59 Å². The van der Waals surface area contributed by atoms with Crippen LogP contribution in [0.4, 0.5) is 0 Å². The zero-order valence-corrected chi connectivity index (χ0v) is 16.2. The summed E-state index contributed by atoms with van der Waals surface area (Å²) in [6.07, 6.45) is 5.79. The Kier molecular flexibility index (Phi) is 2.95. The number of fused-ring (bicyclic) bond motifs is 4. The van der Waals surface area contributed by atoms with Gasteiger partial charge in [0.15, 0.2) is 0 Å². The highest BCUT2D eigenvalue weighted by Crippen LogP contribution is 2.71. The van der Waals surface area contributed by atoms with E-state index < -0.39 is 5.41 Å². The van der Waals surface area contributed by atoms with Gasteiger partial charge < -0.3 is 5.32 Å². The number of Topliss-reactive ketones (excluding diaryl/α,β-unsaturated/α-hetero) is 1. The van der Waals surface area contributed by atoms with Crippen molar-refractivity contribution in [1.82, 2.24) is 5.32 Å². The van der Waals surface area contributed by atoms with Crippen molar-refractivity contribution in [3.05, 3.63) is 0 Å². The van der Waals surface area contributed by atoms with Crippen LogP contribution >= 0.6 is 0 Å². The van der Waals surface area contributed by atoms with Gasteiger partial charge in [0.2, 0.25) is 5.91 Å². The third kappa shape index (κ3) is 1.48. The Balaban J connectivity index is 1.62. The van der Waals surface area contributed by atoms with Crippen LogP contribution in [0.2, 0.25) is 0 Å². The summed E-state index contributed by atoms with van der Waals surface area (Å²) in [5.41, 5.74) is -0.551. The predicted molar refractivity (Wildman–Crippen MR) is 94.3 cm³/mol. The van der Waals surface area contributed by atoms with Crippen LogP contribution in [0.1, 0.15) is 80.1 Å². The van der Waals surface area contributed by atoms with Gasteiger partial charge >= 0.3 is 0 Å². The Labute approximate surface area is 146 Å². The summed E-state index contributed by atoms with van der Waals surface area (Å²) in [5, 5.41) is 3.47. The molecule has 1 N–H and O–H groups in total. The smallest absolute Gasteiger partial charge is 0.227 e. The maximum atomic E-state index is 13.5. The zero-order valence-electron chi connectivity index (χ0n) is 16.2. The standard InChI is InChI=1S/C21H33NO2/c1-17(2)13-7-8-19(17,5)14(11-13)22-16(24)21-10-9-20(6,15(23)12-21)18(21,3)4/h13-14H,7-12H2,1-6H3,(H,22,24)/t13-,14+,19-,20+,21-/m0/s1. The number of carbonyl (C=O) groups is 2. The molecule has 4 fully saturated rings. The first-order valence-corrected chi connectivity index (χ1v) is 9.77. The number of hydrogen-bond acceptors (Lipinski definition) is 2. The summed E-state index contributed by atoms with van der Waals surface area (Å²) in [5.74, 6) is 1.18. The number of nitrogens with one attached hydrogen (secondary N) is 1. The number of carbonyl (C=O) groups excluding carboxylic acids is 2. The van der Waals surface area contributed by atoms with E-state index in [1.165, 1.54) is 12.8 Å². The van der Waals surface area contributed by atoms with Crippen molar-refractivity contribution in [3.8, 4) is 0 Å². The molecule has 3 nitrogen and oxygen atoms in total. The molecule has 5 atom stereocenters. The maximum absolute atomic E-state index is 13.5. The van der Waals surface area contributed by atoms with Gasteiger partial charge in [0.25, 0.3) is 0 Å². The second-order valence-corrected chi connectivity index (χ2v) is 10.8. The van der Waals surface area contributed by atoms with Gasteiger partial charge in [-0.15, -0.1) is 0 Å². The normalized spacial score (nSPS) is 50.5. The van der Waals surface area contributed by atoms with Gasteiger partial charge in [0.1, 0.15) is 5.78 Å². The SMILES string of the molecule is CC1(C)[C@H]2CC[C@@]1(C)[C@H](NC(=O)[C@]13CC[C@](C)(C(=O)C1)C3(C)C)C2. The highest BCUT2D eigenvalue weighted by Gasteiger charge is 2.73. The van der Waals surface area contributed by atoms with Crippen LogP contribution in [-0.4, -0.2) is 17.7 Å². The fraction of sp³-hybridized carbons (Fsp3) is 0.905. The lowest BCUT2D eigenvalue weighted by molar-refractivity contribution is -0.138. The minimum atomic E-state index is -0.485. The molecule has 134 valence electrons. The molecule has 0 aromatic carbocycles. The molecular weight excluding hydrogens is 298 g/mol. The fourth-order valence-corrected chi connectivity index (χ4v) is 7.08. The van der Waals surface area contributed by atoms with Crippen molar-refractivity contribution >= 4 is 11.7 Å². The van der Waals surface area contributed by atoms with Crippen LogP contribution in [0.15, 0.2) is 0 Å². The van der Waals surface area contributed by atoms with E-state index in [2.05, 4.69) is 46.9 Å². The third-order valence-corrected chi connectivity index (χ3v) is 10.2. The molecule has 3 heteroatoms. The van der Waals surface area contributed by atoms with E-state index >= 15 is 0 Å². The highest BCUT2D eigenvalue weighted by atomic mass is 16.2. The Bertz CT molecular complexity index is 636. The Morgan fingerprint density at radius 3 is 2.12 bits per heavy atom. The van der Waals surface area contributed by atoms with E-state index in [-0.39, 0.29) is 28.2 Å². The average molecular weight is 332 g/mol. The van der Waals surface area contributed by atoms with Crippen molar-refractivity contribution in [2.24, 2.45) is 33.0 Å². The van der Waals surface area contributed by atoms with Crippen LogP contribution in [0.3, 0.4) is 0 Å². The lowest BCUT2D eigenvalue weighted by atomic mass is 9.64. The first-order valence-electron chi connectivity index (χ1n) is 9.77. The van der Waals surface area contributed by atoms with Gasteiger partial charge in [-0.25, -0.2) is 0 Å². The lowest BCUT2D eigenvalue weighted by Gasteiger charge is -2.43. The molecule has 0 heterocycles. The lowest BCUT2D eigenvalue weighted by Crippen LogP contribution is -2.54. The van der Waals surface area contributed by atoms with Gasteiger partial charge in [0.05, 0.1) is 5.41 Å². The van der Waals surface area contributed by atoms with E-state index in [1.54, 1.807) is 0 Å². The number of rotatable bonds is 2. The topological polar surface area (TPSA) is 46.2 Å². The van der Waals surface area contributed by atoms with Gasteiger partial charge in [0, 0.05) is 17.9 Å². The Morgan fingerprint density at radius 2 is 1.71 bits per heavy atom. The third-order valence-electron chi connectivity index (χ3n) is 10.2. The van der Waals surface area contributed by atoms with Gasteiger partial charge in [-0.1, -0.05) is 41.5 Å². The fourth-order valence-electron chi connectivity index (χ4n) is 7.08. The molecule has 24 heavy (non-hydrogen) atoms. The van der Waals surface area contributed by atoms with E-state index in [4.69, 9.17) is 0 Å². The molecule has 0 aliphatic heterocycles. The van der Waals surface area contributed by atoms with Crippen LogP contribution < -0.4 is 5.32 Å². The van der Waals surface area contributed by atoms with Crippen LogP contribution in [0.5, 0.6) is 0 Å². The second-order valence-electron chi connectivity index (χ2n) is 10.8. The Hall–Kier alpha value is -0.860. The minimum Gasteiger partial charge on any atom is -0.352 e. The molecule has 0 aromatic heterocycles. The molecule has 4 aliphatic rings. The maximum Gasteiger partial charge on any atom is 0.227 e. The summed E-state index contributed by atoms with van der Waals surface area (Å²) >= 11 is 0. The number of ketones is 1. The summed E-state index contributed by atoms with van der Waals surface area (Å²) < 4.78 is 0. The summed E-state index contributed by atoms with van der Waals surface area (Å²) in [7, 11) is 0. The summed E-state index contributed by atoms with van der Waals surface area (Å²) in [4.78, 5) is 26.1. The van der Waals surface area contributed by atoms with E-state index in [9.17, 15) is 9.59 Å². The van der Waals surface area contributed by atoms with Crippen LogP contribution in [0, 0.1) is 33.0 Å². The van der Waals surface area contributed by atoms with Crippen LogP contribution in [0.25, 0.3) is 0 Å². The average Bonchev–Trinajstić information content (AvgIpc) is 2.97. The monoisotopic (exact) mass is 331 g/mol. The second kappa shape index (κ2) is 4.27. The van der Waals surface area contributed by atoms with Gasteiger partial charge in [-0.05, 0) is 54.3 Å². The van der Waals surface area contributed by atoms with Gasteiger partial charge in [-0.2, -0.15) is 0 Å². The molecule has 4 saturated carbocycles.